The highest BCUT2D eigenvalue weighted by atomic mass is 32.2. The van der Waals surface area contributed by atoms with E-state index in [0.717, 1.165) is 24.8 Å². The molecule has 116 valence electrons. The van der Waals surface area contributed by atoms with Crippen molar-refractivity contribution in [3.63, 3.8) is 0 Å². The molecule has 0 saturated heterocycles. The minimum Gasteiger partial charge on any atom is -0.258 e. The standard InChI is InChI=1S/C14H20N2O4S/c1-10(2)21(19,20)15-14-5-3-4-13(14)11-6-8-12(9-7-11)16(17)18/h6-10,13-15H,3-5H2,1-2H3/t13-,14?/m1/s1. The molecule has 1 aromatic carbocycles. The number of rotatable bonds is 5. The second-order valence-corrected chi connectivity index (χ2v) is 7.97. The molecule has 0 heterocycles. The van der Waals surface area contributed by atoms with Crippen molar-refractivity contribution in [1.82, 2.24) is 4.72 Å². The van der Waals surface area contributed by atoms with Crippen molar-refractivity contribution in [3.8, 4) is 0 Å². The molecule has 0 amide bonds. The second kappa shape index (κ2) is 6.11. The summed E-state index contributed by atoms with van der Waals surface area (Å²) in [5, 5.41) is 10.2. The maximum atomic E-state index is 12.0. The van der Waals surface area contributed by atoms with Gasteiger partial charge in [-0.25, -0.2) is 13.1 Å². The van der Waals surface area contributed by atoms with Gasteiger partial charge in [0.05, 0.1) is 10.2 Å². The van der Waals surface area contributed by atoms with E-state index in [1.165, 1.54) is 12.1 Å². The van der Waals surface area contributed by atoms with Crippen molar-refractivity contribution in [2.75, 3.05) is 0 Å². The van der Waals surface area contributed by atoms with Crippen molar-refractivity contribution in [2.24, 2.45) is 0 Å². The number of nitro groups is 1. The van der Waals surface area contributed by atoms with E-state index in [2.05, 4.69) is 4.72 Å². The van der Waals surface area contributed by atoms with Crippen LogP contribution in [0.1, 0.15) is 44.6 Å². The Morgan fingerprint density at radius 3 is 2.38 bits per heavy atom. The van der Waals surface area contributed by atoms with Gasteiger partial charge in [-0.05, 0) is 32.3 Å². The SMILES string of the molecule is CC(C)S(=O)(=O)NC1CCC[C@@H]1c1ccc([N+](=O)[O-])cc1. The van der Waals surface area contributed by atoms with Crippen LogP contribution < -0.4 is 4.72 Å². The lowest BCUT2D eigenvalue weighted by Crippen LogP contribution is -2.40. The third-order valence-electron chi connectivity index (χ3n) is 3.98. The predicted octanol–water partition coefficient (Wildman–Crippen LogP) is 2.56. The number of hydrogen-bond donors (Lipinski definition) is 1. The summed E-state index contributed by atoms with van der Waals surface area (Å²) in [4.78, 5) is 10.2. The van der Waals surface area contributed by atoms with E-state index in [1.54, 1.807) is 26.0 Å². The molecule has 1 aliphatic rings. The maximum Gasteiger partial charge on any atom is 0.269 e. The number of sulfonamides is 1. The van der Waals surface area contributed by atoms with Crippen molar-refractivity contribution in [2.45, 2.75) is 50.3 Å². The Balaban J connectivity index is 2.17. The largest absolute Gasteiger partial charge is 0.269 e. The minimum absolute atomic E-state index is 0.0519. The summed E-state index contributed by atoms with van der Waals surface area (Å²) in [5.74, 6) is 0.0827. The molecule has 2 atom stereocenters. The Kier molecular flexibility index (Phi) is 4.63. The Morgan fingerprint density at radius 2 is 1.86 bits per heavy atom. The summed E-state index contributed by atoms with van der Waals surface area (Å²) in [6.45, 7) is 3.30. The molecule has 21 heavy (non-hydrogen) atoms. The topological polar surface area (TPSA) is 89.3 Å². The van der Waals surface area contributed by atoms with Gasteiger partial charge < -0.3 is 0 Å². The molecule has 0 bridgehead atoms. The Hall–Kier alpha value is -1.47. The lowest BCUT2D eigenvalue weighted by atomic mass is 9.94. The first-order valence-electron chi connectivity index (χ1n) is 7.07. The van der Waals surface area contributed by atoms with Crippen LogP contribution in [-0.4, -0.2) is 24.6 Å². The Morgan fingerprint density at radius 1 is 1.24 bits per heavy atom. The van der Waals surface area contributed by atoms with Crippen molar-refractivity contribution >= 4 is 15.7 Å². The molecule has 2 rings (SSSR count). The van der Waals surface area contributed by atoms with Crippen LogP contribution in [0.15, 0.2) is 24.3 Å². The van der Waals surface area contributed by atoms with Gasteiger partial charge in [0, 0.05) is 24.1 Å². The summed E-state index contributed by atoms with van der Waals surface area (Å²) in [6, 6.07) is 6.28. The molecule has 1 N–H and O–H groups in total. The van der Waals surface area contributed by atoms with Gasteiger partial charge >= 0.3 is 0 Å². The Labute approximate surface area is 124 Å². The van der Waals surface area contributed by atoms with E-state index < -0.39 is 20.2 Å². The van der Waals surface area contributed by atoms with Crippen LogP contribution in [0.2, 0.25) is 0 Å². The molecular formula is C14H20N2O4S. The number of nitrogens with one attached hydrogen (secondary N) is 1. The molecule has 1 unspecified atom stereocenters. The third kappa shape index (κ3) is 3.59. The lowest BCUT2D eigenvalue weighted by Gasteiger charge is -2.22. The number of nitrogens with zero attached hydrogens (tertiary/aromatic N) is 1. The number of hydrogen-bond acceptors (Lipinski definition) is 4. The van der Waals surface area contributed by atoms with E-state index in [4.69, 9.17) is 0 Å². The normalized spacial score (nSPS) is 22.6. The van der Waals surface area contributed by atoms with Gasteiger partial charge in [0.25, 0.3) is 5.69 Å². The van der Waals surface area contributed by atoms with E-state index in [0.29, 0.717) is 0 Å². The first kappa shape index (κ1) is 15.9. The van der Waals surface area contributed by atoms with Crippen LogP contribution >= 0.6 is 0 Å². The molecule has 6 nitrogen and oxygen atoms in total. The zero-order valence-electron chi connectivity index (χ0n) is 12.2. The van der Waals surface area contributed by atoms with E-state index >= 15 is 0 Å². The van der Waals surface area contributed by atoms with Gasteiger partial charge in [-0.15, -0.1) is 0 Å². The fourth-order valence-electron chi connectivity index (χ4n) is 2.69. The fourth-order valence-corrected chi connectivity index (χ4v) is 3.67. The summed E-state index contributed by atoms with van der Waals surface area (Å²) < 4.78 is 26.8. The number of non-ortho nitro benzene ring substituents is 1. The summed E-state index contributed by atoms with van der Waals surface area (Å²) in [5.41, 5.74) is 1.01. The van der Waals surface area contributed by atoms with E-state index in [-0.39, 0.29) is 17.6 Å². The van der Waals surface area contributed by atoms with Crippen LogP contribution in [0.3, 0.4) is 0 Å². The highest BCUT2D eigenvalue weighted by Gasteiger charge is 2.32. The van der Waals surface area contributed by atoms with Gasteiger partial charge in [0.15, 0.2) is 0 Å². The lowest BCUT2D eigenvalue weighted by molar-refractivity contribution is -0.384. The molecule has 1 saturated carbocycles. The summed E-state index contributed by atoms with van der Waals surface area (Å²) in [6.07, 6.45) is 2.64. The maximum absolute atomic E-state index is 12.0. The smallest absolute Gasteiger partial charge is 0.258 e. The average Bonchev–Trinajstić information content (AvgIpc) is 2.86. The fraction of sp³-hybridized carbons (Fsp3) is 0.571. The zero-order chi connectivity index (χ0) is 15.6. The highest BCUT2D eigenvalue weighted by Crippen LogP contribution is 2.35. The van der Waals surface area contributed by atoms with Crippen LogP contribution in [-0.2, 0) is 10.0 Å². The highest BCUT2D eigenvalue weighted by molar-refractivity contribution is 7.90. The van der Waals surface area contributed by atoms with Crippen molar-refractivity contribution < 1.29 is 13.3 Å². The van der Waals surface area contributed by atoms with Crippen LogP contribution in [0.25, 0.3) is 0 Å². The van der Waals surface area contributed by atoms with Gasteiger partial charge in [-0.2, -0.15) is 0 Å². The molecule has 0 spiro atoms. The van der Waals surface area contributed by atoms with Gasteiger partial charge in [0.1, 0.15) is 0 Å². The van der Waals surface area contributed by atoms with Crippen LogP contribution in [0, 0.1) is 10.1 Å². The number of benzene rings is 1. The van der Waals surface area contributed by atoms with E-state index in [1.807, 2.05) is 0 Å². The first-order chi connectivity index (χ1) is 9.81. The van der Waals surface area contributed by atoms with E-state index in [9.17, 15) is 18.5 Å². The third-order valence-corrected chi connectivity index (χ3v) is 5.86. The molecule has 1 aliphatic carbocycles. The van der Waals surface area contributed by atoms with Crippen molar-refractivity contribution in [3.05, 3.63) is 39.9 Å². The summed E-state index contributed by atoms with van der Waals surface area (Å²) in [7, 11) is -3.30. The van der Waals surface area contributed by atoms with Gasteiger partial charge in [-0.1, -0.05) is 18.6 Å². The zero-order valence-corrected chi connectivity index (χ0v) is 13.0. The average molecular weight is 312 g/mol. The molecule has 7 heteroatoms. The number of nitro benzene ring substituents is 1. The summed E-state index contributed by atoms with van der Waals surface area (Å²) >= 11 is 0. The first-order valence-corrected chi connectivity index (χ1v) is 8.61. The van der Waals surface area contributed by atoms with Crippen LogP contribution in [0.4, 0.5) is 5.69 Å². The molecular weight excluding hydrogens is 292 g/mol. The second-order valence-electron chi connectivity index (χ2n) is 5.70. The van der Waals surface area contributed by atoms with Crippen molar-refractivity contribution in [1.29, 1.82) is 0 Å². The molecule has 0 aliphatic heterocycles. The molecule has 1 aromatic rings. The quantitative estimate of drug-likeness (QED) is 0.668. The van der Waals surface area contributed by atoms with Gasteiger partial charge in [0.2, 0.25) is 10.0 Å². The molecule has 0 aromatic heterocycles. The Bertz CT molecular complexity index is 610. The molecule has 1 fully saturated rings. The van der Waals surface area contributed by atoms with Crippen LogP contribution in [0.5, 0.6) is 0 Å². The van der Waals surface area contributed by atoms with Gasteiger partial charge in [-0.3, -0.25) is 10.1 Å². The minimum atomic E-state index is -3.30. The molecule has 0 radical (unpaired) electrons. The monoisotopic (exact) mass is 312 g/mol. The predicted molar refractivity (Wildman–Crippen MR) is 80.7 cm³/mol.